The van der Waals surface area contributed by atoms with Crippen molar-refractivity contribution in [2.75, 3.05) is 11.9 Å². The van der Waals surface area contributed by atoms with E-state index in [0.29, 0.717) is 34.1 Å². The van der Waals surface area contributed by atoms with Gasteiger partial charge in [-0.1, -0.05) is 47.5 Å². The Labute approximate surface area is 173 Å². The first-order valence-electron chi connectivity index (χ1n) is 9.34. The van der Waals surface area contributed by atoms with Crippen molar-refractivity contribution in [3.05, 3.63) is 63.9 Å². The van der Waals surface area contributed by atoms with Gasteiger partial charge in [-0.3, -0.25) is 9.69 Å². The lowest BCUT2D eigenvalue weighted by Crippen LogP contribution is -2.52. The maximum Gasteiger partial charge on any atom is 0.238 e. The number of nitrogens with zero attached hydrogens (tertiary/aromatic N) is 1. The summed E-state index contributed by atoms with van der Waals surface area (Å²) in [7, 11) is 0. The van der Waals surface area contributed by atoms with E-state index < -0.39 is 5.60 Å². The van der Waals surface area contributed by atoms with Gasteiger partial charge in [0.15, 0.2) is 0 Å². The monoisotopic (exact) mass is 422 g/mol. The highest BCUT2D eigenvalue weighted by Crippen LogP contribution is 2.46. The van der Waals surface area contributed by atoms with Crippen molar-refractivity contribution in [1.29, 1.82) is 0 Å². The summed E-state index contributed by atoms with van der Waals surface area (Å²) in [5.41, 5.74) is -0.367. The molecule has 2 N–H and O–H groups in total. The molecule has 0 spiro atoms. The van der Waals surface area contributed by atoms with Crippen molar-refractivity contribution in [2.24, 2.45) is 0 Å². The minimum Gasteiger partial charge on any atom is -0.385 e. The largest absolute Gasteiger partial charge is 0.385 e. The van der Waals surface area contributed by atoms with Gasteiger partial charge in [0.1, 0.15) is 5.82 Å². The highest BCUT2D eigenvalue weighted by Gasteiger charge is 2.49. The Morgan fingerprint density at radius 1 is 1.14 bits per heavy atom. The number of amides is 1. The molecule has 0 aliphatic carbocycles. The highest BCUT2D eigenvalue weighted by atomic mass is 35.5. The first-order chi connectivity index (χ1) is 13.4. The third-order valence-electron chi connectivity index (χ3n) is 5.84. The Balaban J connectivity index is 1.46. The first kappa shape index (κ1) is 19.6. The molecule has 2 aromatic rings. The van der Waals surface area contributed by atoms with Gasteiger partial charge in [0.2, 0.25) is 5.91 Å². The number of nitrogens with one attached hydrogen (secondary N) is 1. The Morgan fingerprint density at radius 3 is 2.50 bits per heavy atom. The van der Waals surface area contributed by atoms with Crippen LogP contribution < -0.4 is 5.32 Å². The zero-order chi connectivity index (χ0) is 19.9. The molecule has 2 heterocycles. The Bertz CT molecular complexity index is 894. The molecule has 0 saturated carbocycles. The van der Waals surface area contributed by atoms with Gasteiger partial charge in [-0.05, 0) is 43.9 Å². The number of rotatable bonds is 4. The molecule has 2 atom stereocenters. The van der Waals surface area contributed by atoms with Crippen LogP contribution in [0.4, 0.5) is 10.1 Å². The number of halogens is 3. The van der Waals surface area contributed by atoms with E-state index >= 15 is 0 Å². The van der Waals surface area contributed by atoms with E-state index in [2.05, 4.69) is 10.2 Å². The van der Waals surface area contributed by atoms with Crippen LogP contribution in [-0.2, 0) is 10.4 Å². The quantitative estimate of drug-likeness (QED) is 0.757. The van der Waals surface area contributed by atoms with Crippen LogP contribution in [0.25, 0.3) is 0 Å². The Kier molecular flexibility index (Phi) is 5.36. The van der Waals surface area contributed by atoms with Crippen molar-refractivity contribution in [1.82, 2.24) is 4.90 Å². The number of benzene rings is 2. The summed E-state index contributed by atoms with van der Waals surface area (Å²) < 4.78 is 14.3. The van der Waals surface area contributed by atoms with Gasteiger partial charge >= 0.3 is 0 Å². The summed E-state index contributed by atoms with van der Waals surface area (Å²) in [5, 5.41) is 14.7. The van der Waals surface area contributed by atoms with E-state index in [1.54, 1.807) is 36.4 Å². The normalized spacial score (nSPS) is 27.0. The fraction of sp³-hybridized carbons (Fsp3) is 0.381. The SMILES string of the molecule is O=C(CN1[C@H]2CC[C@H]1CC(O)(c1ccccc1F)C2)Nc1cccc(Cl)c1Cl. The van der Waals surface area contributed by atoms with Gasteiger partial charge in [0, 0.05) is 17.6 Å². The van der Waals surface area contributed by atoms with Gasteiger partial charge in [0.05, 0.1) is 27.9 Å². The number of hydrogen-bond donors (Lipinski definition) is 2. The van der Waals surface area contributed by atoms with Gasteiger partial charge in [-0.15, -0.1) is 0 Å². The highest BCUT2D eigenvalue weighted by molar-refractivity contribution is 6.44. The predicted octanol–water partition coefficient (Wildman–Crippen LogP) is 4.59. The zero-order valence-corrected chi connectivity index (χ0v) is 16.7. The fourth-order valence-electron chi connectivity index (χ4n) is 4.59. The topological polar surface area (TPSA) is 52.6 Å². The second-order valence-corrected chi connectivity index (χ2v) is 8.41. The molecule has 2 aliphatic heterocycles. The van der Waals surface area contributed by atoms with Gasteiger partial charge in [-0.2, -0.15) is 0 Å². The van der Waals surface area contributed by atoms with Crippen LogP contribution in [0.5, 0.6) is 0 Å². The summed E-state index contributed by atoms with van der Waals surface area (Å²) in [6.45, 7) is 0.200. The molecule has 0 radical (unpaired) electrons. The van der Waals surface area contributed by atoms with Crippen molar-refractivity contribution in [3.8, 4) is 0 Å². The maximum atomic E-state index is 14.3. The van der Waals surface area contributed by atoms with Crippen LogP contribution in [-0.4, -0.2) is 34.5 Å². The first-order valence-corrected chi connectivity index (χ1v) is 10.1. The number of hydrogen-bond acceptors (Lipinski definition) is 3. The average Bonchev–Trinajstić information content (AvgIpc) is 2.89. The lowest BCUT2D eigenvalue weighted by molar-refractivity contribution is -0.121. The molecule has 0 aromatic heterocycles. The van der Waals surface area contributed by atoms with E-state index in [4.69, 9.17) is 23.2 Å². The van der Waals surface area contributed by atoms with Crippen LogP contribution >= 0.6 is 23.2 Å². The smallest absolute Gasteiger partial charge is 0.238 e. The minimum absolute atomic E-state index is 0.0314. The molecule has 148 valence electrons. The molecule has 4 nitrogen and oxygen atoms in total. The third kappa shape index (κ3) is 3.64. The second-order valence-electron chi connectivity index (χ2n) is 7.63. The summed E-state index contributed by atoms with van der Waals surface area (Å²) in [5.74, 6) is -0.566. The molecule has 2 aliphatic rings. The van der Waals surface area contributed by atoms with Gasteiger partial charge < -0.3 is 10.4 Å². The number of carbonyl (C=O) groups excluding carboxylic acids is 1. The Morgan fingerprint density at radius 2 is 1.82 bits per heavy atom. The molecule has 2 fully saturated rings. The predicted molar refractivity (Wildman–Crippen MR) is 108 cm³/mol. The lowest BCUT2D eigenvalue weighted by Gasteiger charge is -2.43. The van der Waals surface area contributed by atoms with E-state index in [1.165, 1.54) is 6.07 Å². The van der Waals surface area contributed by atoms with E-state index in [0.717, 1.165) is 12.8 Å². The molecular formula is C21H21Cl2FN2O2. The van der Waals surface area contributed by atoms with Crippen LogP contribution in [0.15, 0.2) is 42.5 Å². The van der Waals surface area contributed by atoms with Gasteiger partial charge in [0.25, 0.3) is 0 Å². The maximum absolute atomic E-state index is 14.3. The molecule has 0 unspecified atom stereocenters. The van der Waals surface area contributed by atoms with Crippen molar-refractivity contribution in [2.45, 2.75) is 43.4 Å². The summed E-state index contributed by atoms with van der Waals surface area (Å²) in [6, 6.07) is 11.5. The van der Waals surface area contributed by atoms with Crippen LogP contribution in [0.2, 0.25) is 10.0 Å². The number of aliphatic hydroxyl groups is 1. The number of fused-ring (bicyclic) bond motifs is 2. The third-order valence-corrected chi connectivity index (χ3v) is 6.66. The van der Waals surface area contributed by atoms with Crippen LogP contribution in [0, 0.1) is 5.82 Å². The summed E-state index contributed by atoms with van der Waals surface area (Å²) in [6.07, 6.45) is 2.59. The van der Waals surface area contributed by atoms with Crippen molar-refractivity contribution in [3.63, 3.8) is 0 Å². The molecule has 2 bridgehead atoms. The van der Waals surface area contributed by atoms with Gasteiger partial charge in [-0.25, -0.2) is 4.39 Å². The minimum atomic E-state index is -1.19. The molecule has 1 amide bonds. The van der Waals surface area contributed by atoms with E-state index in [-0.39, 0.29) is 30.4 Å². The van der Waals surface area contributed by atoms with E-state index in [9.17, 15) is 14.3 Å². The number of carbonyl (C=O) groups is 1. The molecular weight excluding hydrogens is 402 g/mol. The molecule has 7 heteroatoms. The lowest BCUT2D eigenvalue weighted by atomic mass is 9.80. The van der Waals surface area contributed by atoms with Crippen molar-refractivity contribution >= 4 is 34.8 Å². The number of piperidine rings is 1. The molecule has 4 rings (SSSR count). The molecule has 2 saturated heterocycles. The summed E-state index contributed by atoms with van der Waals surface area (Å²) >= 11 is 12.1. The second kappa shape index (κ2) is 7.64. The Hall–Kier alpha value is -1.66. The number of anilines is 1. The standard InChI is InChI=1S/C21H21Cl2FN2O2/c22-16-5-3-7-18(20(16)23)25-19(27)12-26-13-8-9-14(26)11-21(28,10-13)15-4-1-2-6-17(15)24/h1-7,13-14,28H,8-12H2,(H,25,27)/t13-,14-/m0/s1. The summed E-state index contributed by atoms with van der Waals surface area (Å²) in [4.78, 5) is 14.7. The van der Waals surface area contributed by atoms with Crippen LogP contribution in [0.1, 0.15) is 31.2 Å². The van der Waals surface area contributed by atoms with Crippen molar-refractivity contribution < 1.29 is 14.3 Å². The molecule has 28 heavy (non-hydrogen) atoms. The molecule has 2 aromatic carbocycles. The van der Waals surface area contributed by atoms with Crippen LogP contribution in [0.3, 0.4) is 0 Å². The fourth-order valence-corrected chi connectivity index (χ4v) is 4.94. The average molecular weight is 423 g/mol. The zero-order valence-electron chi connectivity index (χ0n) is 15.2. The van der Waals surface area contributed by atoms with E-state index in [1.807, 2.05) is 0 Å².